The molecule has 2 saturated heterocycles. The van der Waals surface area contributed by atoms with Gasteiger partial charge < -0.3 is 0 Å². The molecule has 2 aliphatic rings. The van der Waals surface area contributed by atoms with Crippen molar-refractivity contribution in [2.24, 2.45) is 0 Å². The van der Waals surface area contributed by atoms with Gasteiger partial charge in [0.05, 0.1) is 16.2 Å². The second-order valence-electron chi connectivity index (χ2n) is 5.39. The highest BCUT2D eigenvalue weighted by Crippen LogP contribution is 2.38. The molecule has 0 N–H and O–H groups in total. The van der Waals surface area contributed by atoms with E-state index in [4.69, 9.17) is 0 Å². The predicted octanol–water partition coefficient (Wildman–Crippen LogP) is 1.26. The Morgan fingerprint density at radius 1 is 1.21 bits per heavy atom. The number of piperidine rings is 1. The largest absolute Gasteiger partial charge is 0.298 e. The molecular weight excluding hydrogens is 262 g/mol. The lowest BCUT2D eigenvalue weighted by atomic mass is 10.0. The summed E-state index contributed by atoms with van der Waals surface area (Å²) in [6.07, 6.45) is 1.61. The third-order valence-electron chi connectivity index (χ3n) is 4.43. The van der Waals surface area contributed by atoms with Gasteiger partial charge in [0.15, 0.2) is 9.84 Å². The van der Waals surface area contributed by atoms with Crippen molar-refractivity contribution in [2.75, 3.05) is 7.05 Å². The fourth-order valence-electron chi connectivity index (χ4n) is 3.36. The maximum absolute atomic E-state index is 12.7. The molecule has 2 bridgehead atoms. The average Bonchev–Trinajstić information content (AvgIpc) is 2.63. The molecule has 1 aromatic carbocycles. The Kier molecular flexibility index (Phi) is 2.98. The first-order valence-electron chi connectivity index (χ1n) is 6.55. The lowest BCUT2D eigenvalue weighted by Gasteiger charge is -2.31. The summed E-state index contributed by atoms with van der Waals surface area (Å²) < 4.78 is 25.4. The first-order chi connectivity index (χ1) is 9.01. The Hall–Kier alpha value is -1.20. The molecule has 0 aliphatic carbocycles. The number of nitrogens with zero attached hydrogens (tertiary/aromatic N) is 1. The van der Waals surface area contributed by atoms with Gasteiger partial charge >= 0.3 is 0 Å². The van der Waals surface area contributed by atoms with E-state index in [2.05, 4.69) is 0 Å². The second-order valence-corrected chi connectivity index (χ2v) is 7.55. The molecule has 102 valence electrons. The quantitative estimate of drug-likeness (QED) is 0.818. The number of benzene rings is 1. The van der Waals surface area contributed by atoms with Gasteiger partial charge in [-0.15, -0.1) is 0 Å². The van der Waals surface area contributed by atoms with Crippen molar-refractivity contribution in [1.29, 1.82) is 0 Å². The molecular formula is C14H17NO3S. The van der Waals surface area contributed by atoms with Crippen LogP contribution in [0.1, 0.15) is 19.3 Å². The van der Waals surface area contributed by atoms with Crippen LogP contribution in [0.2, 0.25) is 0 Å². The van der Waals surface area contributed by atoms with Crippen molar-refractivity contribution < 1.29 is 13.2 Å². The van der Waals surface area contributed by atoms with Gasteiger partial charge in [0.25, 0.3) is 0 Å². The Morgan fingerprint density at radius 2 is 1.89 bits per heavy atom. The number of fused-ring (bicyclic) bond motifs is 2. The first kappa shape index (κ1) is 12.8. The van der Waals surface area contributed by atoms with Crippen LogP contribution in [0.5, 0.6) is 0 Å². The summed E-state index contributed by atoms with van der Waals surface area (Å²) >= 11 is 0. The highest BCUT2D eigenvalue weighted by atomic mass is 32.2. The van der Waals surface area contributed by atoms with E-state index in [1.807, 2.05) is 18.0 Å². The van der Waals surface area contributed by atoms with Crippen LogP contribution in [0.3, 0.4) is 0 Å². The summed E-state index contributed by atoms with van der Waals surface area (Å²) in [7, 11) is -1.48. The van der Waals surface area contributed by atoms with E-state index in [0.29, 0.717) is 24.2 Å². The summed E-state index contributed by atoms with van der Waals surface area (Å²) in [5.74, 6) is 0.185. The number of Topliss-reactive ketones (excluding diaryl/α,β-unsaturated/α-hetero) is 1. The maximum atomic E-state index is 12.7. The molecule has 0 aromatic heterocycles. The standard InChI is InChI=1S/C14H17NO3S/c1-15-11-7-8-13(16)12(15)9-14(11)19(17,18)10-5-3-2-4-6-10/h2-6,11-12,14H,7-9H2,1H3/t11-,12-,14+/m1/s1. The number of hydrogen-bond donors (Lipinski definition) is 0. The van der Waals surface area contributed by atoms with Crippen molar-refractivity contribution in [1.82, 2.24) is 4.90 Å². The van der Waals surface area contributed by atoms with Gasteiger partial charge in [0, 0.05) is 12.5 Å². The molecule has 1 aromatic rings. The summed E-state index contributed by atoms with van der Waals surface area (Å²) in [5, 5.41) is -0.448. The highest BCUT2D eigenvalue weighted by Gasteiger charge is 2.50. The molecule has 4 nitrogen and oxygen atoms in total. The number of likely N-dealkylation sites (N-methyl/N-ethyl adjacent to an activating group) is 1. The monoisotopic (exact) mass is 279 g/mol. The van der Waals surface area contributed by atoms with E-state index >= 15 is 0 Å². The van der Waals surface area contributed by atoms with Gasteiger partial charge in [-0.25, -0.2) is 8.42 Å². The van der Waals surface area contributed by atoms with Crippen LogP contribution in [0.4, 0.5) is 0 Å². The number of carbonyl (C=O) groups excluding carboxylic acids is 1. The molecule has 2 aliphatic heterocycles. The Morgan fingerprint density at radius 3 is 2.53 bits per heavy atom. The molecule has 2 heterocycles. The zero-order valence-electron chi connectivity index (χ0n) is 10.8. The topological polar surface area (TPSA) is 54.5 Å². The van der Waals surface area contributed by atoms with E-state index in [9.17, 15) is 13.2 Å². The van der Waals surface area contributed by atoms with Crippen molar-refractivity contribution in [3.8, 4) is 0 Å². The fourth-order valence-corrected chi connectivity index (χ4v) is 5.42. The van der Waals surface area contributed by atoms with E-state index in [0.717, 1.165) is 0 Å². The minimum atomic E-state index is -3.34. The van der Waals surface area contributed by atoms with Crippen LogP contribution in [0, 0.1) is 0 Å². The lowest BCUT2D eigenvalue weighted by Crippen LogP contribution is -2.44. The molecule has 0 saturated carbocycles. The van der Waals surface area contributed by atoms with Crippen molar-refractivity contribution in [3.05, 3.63) is 30.3 Å². The molecule has 0 unspecified atom stereocenters. The molecule has 5 heteroatoms. The van der Waals surface area contributed by atoms with E-state index < -0.39 is 15.1 Å². The zero-order chi connectivity index (χ0) is 13.6. The highest BCUT2D eigenvalue weighted by molar-refractivity contribution is 7.92. The van der Waals surface area contributed by atoms with Crippen LogP contribution in [0.15, 0.2) is 35.2 Å². The van der Waals surface area contributed by atoms with Crippen molar-refractivity contribution in [3.63, 3.8) is 0 Å². The SMILES string of the molecule is CN1[C@@H]2C[C@H](S(=O)(=O)c3ccccc3)[C@H]1CCC2=O. The first-order valence-corrected chi connectivity index (χ1v) is 8.10. The summed E-state index contributed by atoms with van der Waals surface area (Å²) in [6.45, 7) is 0. The van der Waals surface area contributed by atoms with Crippen molar-refractivity contribution in [2.45, 2.75) is 41.5 Å². The third kappa shape index (κ3) is 1.92. The Labute approximate surface area is 113 Å². The number of sulfone groups is 1. The predicted molar refractivity (Wildman–Crippen MR) is 71.6 cm³/mol. The Bertz CT molecular complexity index is 596. The third-order valence-corrected chi connectivity index (χ3v) is 6.66. The maximum Gasteiger partial charge on any atom is 0.182 e. The van der Waals surface area contributed by atoms with Crippen molar-refractivity contribution >= 4 is 15.6 Å². The normalized spacial score (nSPS) is 31.6. The van der Waals surface area contributed by atoms with Gasteiger partial charge in [-0.05, 0) is 32.0 Å². The fraction of sp³-hybridized carbons (Fsp3) is 0.500. The summed E-state index contributed by atoms with van der Waals surface area (Å²) in [4.78, 5) is 14.2. The lowest BCUT2D eigenvalue weighted by molar-refractivity contribution is -0.125. The van der Waals surface area contributed by atoms with Gasteiger partial charge in [0.2, 0.25) is 0 Å². The van der Waals surface area contributed by atoms with Gasteiger partial charge in [0.1, 0.15) is 5.78 Å². The van der Waals surface area contributed by atoms with E-state index in [1.165, 1.54) is 0 Å². The average molecular weight is 279 g/mol. The van der Waals surface area contributed by atoms with Crippen LogP contribution in [0.25, 0.3) is 0 Å². The molecule has 19 heavy (non-hydrogen) atoms. The summed E-state index contributed by atoms with van der Waals surface area (Å²) in [5.41, 5.74) is 0. The van der Waals surface area contributed by atoms with Gasteiger partial charge in [-0.3, -0.25) is 9.69 Å². The second kappa shape index (κ2) is 4.42. The minimum absolute atomic E-state index is 0.0205. The van der Waals surface area contributed by atoms with E-state index in [-0.39, 0.29) is 17.9 Å². The van der Waals surface area contributed by atoms with Gasteiger partial charge in [-0.1, -0.05) is 18.2 Å². The molecule has 0 spiro atoms. The summed E-state index contributed by atoms with van der Waals surface area (Å²) in [6, 6.07) is 8.34. The Balaban J connectivity index is 1.98. The smallest absolute Gasteiger partial charge is 0.182 e. The molecule has 3 atom stereocenters. The van der Waals surface area contributed by atoms with E-state index in [1.54, 1.807) is 24.3 Å². The molecule has 3 rings (SSSR count). The number of ketones is 1. The zero-order valence-corrected chi connectivity index (χ0v) is 11.6. The molecule has 0 amide bonds. The molecule has 2 fully saturated rings. The minimum Gasteiger partial charge on any atom is -0.298 e. The van der Waals surface area contributed by atoms with Gasteiger partial charge in [-0.2, -0.15) is 0 Å². The molecule has 0 radical (unpaired) electrons. The number of carbonyl (C=O) groups is 1. The number of rotatable bonds is 2. The number of hydrogen-bond acceptors (Lipinski definition) is 4. The van der Waals surface area contributed by atoms with Crippen LogP contribution < -0.4 is 0 Å². The van der Waals surface area contributed by atoms with Crippen LogP contribution >= 0.6 is 0 Å². The van der Waals surface area contributed by atoms with Crippen LogP contribution in [-0.4, -0.2) is 43.5 Å². The van der Waals surface area contributed by atoms with Crippen LogP contribution in [-0.2, 0) is 14.6 Å².